The maximum atomic E-state index is 11.7. The number of rotatable bonds is 4. The van der Waals surface area contributed by atoms with Crippen molar-refractivity contribution in [1.29, 1.82) is 0 Å². The minimum Gasteiger partial charge on any atom is -0.479 e. The molecule has 1 aromatic rings. The van der Waals surface area contributed by atoms with Crippen molar-refractivity contribution in [1.82, 2.24) is 4.90 Å². The summed E-state index contributed by atoms with van der Waals surface area (Å²) in [5, 5.41) is 10.1. The average molecular weight is 302 g/mol. The van der Waals surface area contributed by atoms with E-state index in [1.54, 1.807) is 12.1 Å². The van der Waals surface area contributed by atoms with Crippen molar-refractivity contribution in [2.24, 2.45) is 0 Å². The van der Waals surface area contributed by atoms with Crippen LogP contribution in [-0.2, 0) is 9.59 Å². The molecule has 1 N–H and O–H groups in total. The maximum absolute atomic E-state index is 11.7. The van der Waals surface area contributed by atoms with Gasteiger partial charge in [-0.05, 0) is 25.0 Å². The molecule has 1 saturated carbocycles. The molecule has 1 amide bonds. The molecule has 2 rings (SSSR count). The Morgan fingerprint density at radius 1 is 1.37 bits per heavy atom. The van der Waals surface area contributed by atoms with Crippen molar-refractivity contribution in [3.8, 4) is 0 Å². The monoisotopic (exact) mass is 301 g/mol. The van der Waals surface area contributed by atoms with E-state index in [-0.39, 0.29) is 17.0 Å². The lowest BCUT2D eigenvalue weighted by atomic mass is 10.0. The van der Waals surface area contributed by atoms with Crippen LogP contribution in [0, 0.1) is 0 Å². The molecule has 0 aliphatic heterocycles. The first kappa shape index (κ1) is 14.2. The van der Waals surface area contributed by atoms with Gasteiger partial charge in [-0.15, -0.1) is 0 Å². The van der Waals surface area contributed by atoms with Crippen molar-refractivity contribution in [2.45, 2.75) is 31.8 Å². The lowest BCUT2D eigenvalue weighted by Gasteiger charge is -2.28. The summed E-state index contributed by atoms with van der Waals surface area (Å²) in [5.74, 6) is -1.35. The summed E-state index contributed by atoms with van der Waals surface area (Å²) in [5.41, 5.74) is 0.390. The van der Waals surface area contributed by atoms with Gasteiger partial charge in [0.2, 0.25) is 5.91 Å². The van der Waals surface area contributed by atoms with Crippen molar-refractivity contribution in [3.63, 3.8) is 0 Å². The number of aliphatic carboxylic acids is 1. The zero-order valence-corrected chi connectivity index (χ0v) is 11.8. The van der Waals surface area contributed by atoms with Crippen LogP contribution in [0.15, 0.2) is 18.2 Å². The van der Waals surface area contributed by atoms with Crippen molar-refractivity contribution in [2.75, 3.05) is 0 Å². The molecule has 102 valence electrons. The van der Waals surface area contributed by atoms with Gasteiger partial charge in [0.15, 0.2) is 6.04 Å². The number of halogens is 2. The molecular formula is C13H13Cl2NO3. The topological polar surface area (TPSA) is 57.6 Å². The van der Waals surface area contributed by atoms with Crippen molar-refractivity contribution < 1.29 is 14.7 Å². The van der Waals surface area contributed by atoms with Gasteiger partial charge in [-0.25, -0.2) is 4.79 Å². The number of benzene rings is 1. The van der Waals surface area contributed by atoms with Crippen LogP contribution in [0.2, 0.25) is 10.0 Å². The van der Waals surface area contributed by atoms with Gasteiger partial charge in [0.1, 0.15) is 0 Å². The lowest BCUT2D eigenvalue weighted by Crippen LogP contribution is -2.39. The van der Waals surface area contributed by atoms with Crippen LogP contribution in [0.3, 0.4) is 0 Å². The number of hydrogen-bond donors (Lipinski definition) is 1. The van der Waals surface area contributed by atoms with E-state index in [1.807, 2.05) is 0 Å². The zero-order chi connectivity index (χ0) is 14.2. The fourth-order valence-electron chi connectivity index (χ4n) is 2.13. The Morgan fingerprint density at radius 3 is 2.42 bits per heavy atom. The van der Waals surface area contributed by atoms with Crippen LogP contribution in [0.25, 0.3) is 0 Å². The molecule has 0 aromatic heterocycles. The van der Waals surface area contributed by atoms with E-state index in [1.165, 1.54) is 17.9 Å². The fourth-order valence-corrected chi connectivity index (χ4v) is 2.64. The summed E-state index contributed by atoms with van der Waals surface area (Å²) in [6, 6.07) is 3.55. The highest BCUT2D eigenvalue weighted by Crippen LogP contribution is 2.37. The van der Waals surface area contributed by atoms with E-state index < -0.39 is 12.0 Å². The predicted molar refractivity (Wildman–Crippen MR) is 72.4 cm³/mol. The number of hydrogen-bond acceptors (Lipinski definition) is 2. The minimum absolute atomic E-state index is 0.00894. The zero-order valence-electron chi connectivity index (χ0n) is 10.3. The third-order valence-corrected chi connectivity index (χ3v) is 3.64. The standard InChI is InChI=1S/C13H13Cl2NO3/c1-7(17)16(9-3-4-9)12(13(18)19)10-5-2-8(14)6-11(10)15/h2,5-6,9,12H,3-4H2,1H3,(H,18,19). The number of carbonyl (C=O) groups is 2. The fraction of sp³-hybridized carbons (Fsp3) is 0.385. The molecule has 0 heterocycles. The Kier molecular flexibility index (Phi) is 4.02. The van der Waals surface area contributed by atoms with E-state index in [9.17, 15) is 14.7 Å². The molecule has 4 nitrogen and oxygen atoms in total. The SMILES string of the molecule is CC(=O)N(C1CC1)C(C(=O)O)c1ccc(Cl)cc1Cl. The van der Waals surface area contributed by atoms with Gasteiger partial charge < -0.3 is 10.0 Å². The van der Waals surface area contributed by atoms with E-state index >= 15 is 0 Å². The number of carboxylic acids is 1. The Morgan fingerprint density at radius 2 is 2.00 bits per heavy atom. The average Bonchev–Trinajstić information content (AvgIpc) is 3.10. The van der Waals surface area contributed by atoms with E-state index in [0.29, 0.717) is 10.6 Å². The largest absolute Gasteiger partial charge is 0.479 e. The van der Waals surface area contributed by atoms with Gasteiger partial charge in [-0.3, -0.25) is 4.79 Å². The molecule has 1 aliphatic carbocycles. The number of carboxylic acid groups (broad SMARTS) is 1. The van der Waals surface area contributed by atoms with Crippen molar-refractivity contribution in [3.05, 3.63) is 33.8 Å². The second-order valence-electron chi connectivity index (χ2n) is 4.56. The van der Waals surface area contributed by atoms with Gasteiger partial charge in [0.25, 0.3) is 0 Å². The molecular weight excluding hydrogens is 289 g/mol. The second kappa shape index (κ2) is 5.39. The van der Waals surface area contributed by atoms with Gasteiger partial charge in [0.05, 0.1) is 0 Å². The Balaban J connectivity index is 2.44. The Labute approximate surface area is 120 Å². The molecule has 0 bridgehead atoms. The first-order chi connectivity index (χ1) is 8.91. The van der Waals surface area contributed by atoms with Crippen LogP contribution >= 0.6 is 23.2 Å². The third kappa shape index (κ3) is 3.01. The van der Waals surface area contributed by atoms with Crippen LogP contribution < -0.4 is 0 Å². The van der Waals surface area contributed by atoms with Gasteiger partial charge in [-0.2, -0.15) is 0 Å². The summed E-state index contributed by atoms with van der Waals surface area (Å²) in [6.45, 7) is 1.37. The molecule has 19 heavy (non-hydrogen) atoms. The van der Waals surface area contributed by atoms with Crippen LogP contribution in [0.1, 0.15) is 31.4 Å². The molecule has 1 fully saturated rings. The van der Waals surface area contributed by atoms with Gasteiger partial charge in [-0.1, -0.05) is 29.3 Å². The maximum Gasteiger partial charge on any atom is 0.331 e. The highest BCUT2D eigenvalue weighted by molar-refractivity contribution is 6.35. The molecule has 1 unspecified atom stereocenters. The minimum atomic E-state index is -1.09. The van der Waals surface area contributed by atoms with Crippen LogP contribution in [0.4, 0.5) is 0 Å². The number of carbonyl (C=O) groups excluding carboxylic acids is 1. The van der Waals surface area contributed by atoms with Crippen LogP contribution in [-0.4, -0.2) is 27.9 Å². The predicted octanol–water partition coefficient (Wildman–Crippen LogP) is 3.13. The van der Waals surface area contributed by atoms with Crippen LogP contribution in [0.5, 0.6) is 0 Å². The highest BCUT2D eigenvalue weighted by atomic mass is 35.5. The molecule has 0 saturated heterocycles. The summed E-state index contributed by atoms with van der Waals surface area (Å²) >= 11 is 11.9. The quantitative estimate of drug-likeness (QED) is 0.929. The van der Waals surface area contributed by atoms with E-state index in [2.05, 4.69) is 0 Å². The highest BCUT2D eigenvalue weighted by Gasteiger charge is 2.40. The molecule has 0 radical (unpaired) electrons. The molecule has 1 aromatic carbocycles. The first-order valence-electron chi connectivity index (χ1n) is 5.88. The Bertz CT molecular complexity index is 529. The summed E-state index contributed by atoms with van der Waals surface area (Å²) in [6.07, 6.45) is 1.66. The molecule has 6 heteroatoms. The lowest BCUT2D eigenvalue weighted by molar-refractivity contribution is -0.150. The first-order valence-corrected chi connectivity index (χ1v) is 6.64. The summed E-state index contributed by atoms with van der Waals surface area (Å²) in [7, 11) is 0. The Hall–Kier alpha value is -1.26. The smallest absolute Gasteiger partial charge is 0.331 e. The van der Waals surface area contributed by atoms with Gasteiger partial charge >= 0.3 is 5.97 Å². The van der Waals surface area contributed by atoms with E-state index in [4.69, 9.17) is 23.2 Å². The number of nitrogens with zero attached hydrogens (tertiary/aromatic N) is 1. The number of amides is 1. The molecule has 0 spiro atoms. The third-order valence-electron chi connectivity index (χ3n) is 3.07. The second-order valence-corrected chi connectivity index (χ2v) is 5.41. The molecule has 1 atom stereocenters. The van der Waals surface area contributed by atoms with E-state index in [0.717, 1.165) is 12.8 Å². The van der Waals surface area contributed by atoms with Gasteiger partial charge in [0, 0.05) is 28.6 Å². The summed E-state index contributed by atoms with van der Waals surface area (Å²) < 4.78 is 0. The molecule has 1 aliphatic rings. The summed E-state index contributed by atoms with van der Waals surface area (Å²) in [4.78, 5) is 24.6. The van der Waals surface area contributed by atoms with Crippen molar-refractivity contribution >= 4 is 35.1 Å². The normalized spacial score (nSPS) is 15.9.